The molecule has 0 aliphatic heterocycles. The summed E-state index contributed by atoms with van der Waals surface area (Å²) < 4.78 is 1.92. The lowest BCUT2D eigenvalue weighted by Gasteiger charge is -2.10. The molecular weight excluding hydrogens is 296 g/mol. The number of pyridine rings is 1. The number of nitrogens with one attached hydrogen (secondary N) is 1. The standard InChI is InChI=1S/C20H18N4/c1-24-19-10-6-5-9-16(19)20(23-24)17-14-21-12-11-18(17)22-13-15-7-3-2-4-8-15/h2-12,14H,13H2,1H3,(H,21,22). The van der Waals surface area contributed by atoms with Crippen molar-refractivity contribution >= 4 is 16.6 Å². The van der Waals surface area contributed by atoms with E-state index in [9.17, 15) is 0 Å². The van der Waals surface area contributed by atoms with Crippen molar-refractivity contribution in [3.8, 4) is 11.3 Å². The topological polar surface area (TPSA) is 42.7 Å². The Kier molecular flexibility index (Phi) is 3.71. The normalized spacial score (nSPS) is 10.9. The highest BCUT2D eigenvalue weighted by Crippen LogP contribution is 2.32. The number of nitrogens with zero attached hydrogens (tertiary/aromatic N) is 3. The van der Waals surface area contributed by atoms with E-state index in [1.165, 1.54) is 5.56 Å². The van der Waals surface area contributed by atoms with Gasteiger partial charge in [-0.1, -0.05) is 48.5 Å². The fourth-order valence-corrected chi connectivity index (χ4v) is 2.94. The van der Waals surface area contributed by atoms with Crippen LogP contribution in [0.2, 0.25) is 0 Å². The highest BCUT2D eigenvalue weighted by Gasteiger charge is 2.13. The molecule has 4 rings (SSSR count). The molecule has 2 heterocycles. The number of hydrogen-bond acceptors (Lipinski definition) is 3. The van der Waals surface area contributed by atoms with E-state index < -0.39 is 0 Å². The first-order valence-corrected chi connectivity index (χ1v) is 7.97. The summed E-state index contributed by atoms with van der Waals surface area (Å²) in [6.07, 6.45) is 3.68. The number of para-hydroxylation sites is 1. The molecule has 4 heteroatoms. The van der Waals surface area contributed by atoms with Crippen molar-refractivity contribution in [3.63, 3.8) is 0 Å². The Labute approximate surface area is 140 Å². The van der Waals surface area contributed by atoms with Crippen molar-refractivity contribution in [1.82, 2.24) is 14.8 Å². The first kappa shape index (κ1) is 14.5. The van der Waals surface area contributed by atoms with Crippen LogP contribution >= 0.6 is 0 Å². The third kappa shape index (κ3) is 2.63. The van der Waals surface area contributed by atoms with E-state index in [2.05, 4.69) is 46.7 Å². The van der Waals surface area contributed by atoms with E-state index in [1.807, 2.05) is 48.4 Å². The summed E-state index contributed by atoms with van der Waals surface area (Å²) >= 11 is 0. The molecule has 0 amide bonds. The van der Waals surface area contributed by atoms with E-state index in [0.717, 1.165) is 34.4 Å². The largest absolute Gasteiger partial charge is 0.380 e. The molecule has 0 spiro atoms. The molecule has 0 saturated carbocycles. The second-order valence-corrected chi connectivity index (χ2v) is 5.75. The van der Waals surface area contributed by atoms with Crippen molar-refractivity contribution in [2.45, 2.75) is 6.54 Å². The maximum Gasteiger partial charge on any atom is 0.104 e. The minimum atomic E-state index is 0.766. The highest BCUT2D eigenvalue weighted by atomic mass is 15.3. The van der Waals surface area contributed by atoms with Crippen molar-refractivity contribution in [2.75, 3.05) is 5.32 Å². The highest BCUT2D eigenvalue weighted by molar-refractivity contribution is 5.96. The predicted octanol–water partition coefficient (Wildman–Crippen LogP) is 4.25. The minimum absolute atomic E-state index is 0.766. The predicted molar refractivity (Wildman–Crippen MR) is 97.7 cm³/mol. The van der Waals surface area contributed by atoms with E-state index in [1.54, 1.807) is 0 Å². The van der Waals surface area contributed by atoms with Gasteiger partial charge in [0.15, 0.2) is 0 Å². The average Bonchev–Trinajstić information content (AvgIpc) is 2.98. The van der Waals surface area contributed by atoms with Gasteiger partial charge in [0.05, 0.1) is 5.52 Å². The quantitative estimate of drug-likeness (QED) is 0.612. The van der Waals surface area contributed by atoms with Crippen molar-refractivity contribution in [1.29, 1.82) is 0 Å². The van der Waals surface area contributed by atoms with Gasteiger partial charge < -0.3 is 5.32 Å². The lowest BCUT2D eigenvalue weighted by Crippen LogP contribution is -2.01. The van der Waals surface area contributed by atoms with Crippen molar-refractivity contribution < 1.29 is 0 Å². The van der Waals surface area contributed by atoms with Gasteiger partial charge in [-0.3, -0.25) is 9.67 Å². The number of benzene rings is 2. The second kappa shape index (κ2) is 6.16. The number of hydrogen-bond donors (Lipinski definition) is 1. The number of fused-ring (bicyclic) bond motifs is 1. The van der Waals surface area contributed by atoms with E-state index in [0.29, 0.717) is 0 Å². The van der Waals surface area contributed by atoms with Crippen LogP contribution in [0.15, 0.2) is 73.1 Å². The molecule has 4 aromatic rings. The van der Waals surface area contributed by atoms with E-state index in [4.69, 9.17) is 5.10 Å². The Morgan fingerprint density at radius 2 is 1.75 bits per heavy atom. The van der Waals surface area contributed by atoms with Crippen molar-refractivity contribution in [2.24, 2.45) is 7.05 Å². The number of aryl methyl sites for hydroxylation is 1. The molecule has 2 aromatic heterocycles. The third-order valence-corrected chi connectivity index (χ3v) is 4.16. The van der Waals surface area contributed by atoms with Crippen LogP contribution in [0, 0.1) is 0 Å². The van der Waals surface area contributed by atoms with Crippen LogP contribution in [-0.4, -0.2) is 14.8 Å². The first-order chi connectivity index (χ1) is 11.8. The molecule has 0 saturated heterocycles. The lowest BCUT2D eigenvalue weighted by molar-refractivity contribution is 0.800. The smallest absolute Gasteiger partial charge is 0.104 e. The number of rotatable bonds is 4. The molecule has 24 heavy (non-hydrogen) atoms. The SMILES string of the molecule is Cn1nc(-c2cnccc2NCc2ccccc2)c2ccccc21. The molecule has 2 aromatic carbocycles. The van der Waals surface area contributed by atoms with Crippen LogP contribution in [0.25, 0.3) is 22.2 Å². The average molecular weight is 314 g/mol. The maximum atomic E-state index is 4.71. The number of anilines is 1. The Bertz CT molecular complexity index is 973. The van der Waals surface area contributed by atoms with Crippen LogP contribution in [0.4, 0.5) is 5.69 Å². The van der Waals surface area contributed by atoms with Crippen LogP contribution in [-0.2, 0) is 13.6 Å². The summed E-state index contributed by atoms with van der Waals surface area (Å²) in [4.78, 5) is 4.30. The van der Waals surface area contributed by atoms with Gasteiger partial charge in [-0.15, -0.1) is 0 Å². The van der Waals surface area contributed by atoms with Gasteiger partial charge >= 0.3 is 0 Å². The Hall–Kier alpha value is -3.14. The number of aromatic nitrogens is 3. The van der Waals surface area contributed by atoms with Gasteiger partial charge in [0.1, 0.15) is 5.69 Å². The zero-order chi connectivity index (χ0) is 16.4. The summed E-state index contributed by atoms with van der Waals surface area (Å²) in [5, 5.41) is 9.36. The summed E-state index contributed by atoms with van der Waals surface area (Å²) in [6.45, 7) is 0.766. The van der Waals surface area contributed by atoms with Crippen LogP contribution in [0.5, 0.6) is 0 Å². The van der Waals surface area contributed by atoms with Crippen LogP contribution < -0.4 is 5.32 Å². The molecule has 4 nitrogen and oxygen atoms in total. The summed E-state index contributed by atoms with van der Waals surface area (Å²) in [5.74, 6) is 0. The summed E-state index contributed by atoms with van der Waals surface area (Å²) in [5.41, 5.74) is 5.37. The fourth-order valence-electron chi connectivity index (χ4n) is 2.94. The summed E-state index contributed by atoms with van der Waals surface area (Å²) in [7, 11) is 1.97. The molecule has 0 aliphatic carbocycles. The Morgan fingerprint density at radius 3 is 2.62 bits per heavy atom. The molecular formula is C20H18N4. The molecule has 1 N–H and O–H groups in total. The third-order valence-electron chi connectivity index (χ3n) is 4.16. The van der Waals surface area contributed by atoms with E-state index in [-0.39, 0.29) is 0 Å². The Balaban J connectivity index is 1.73. The zero-order valence-electron chi connectivity index (χ0n) is 13.5. The van der Waals surface area contributed by atoms with Gasteiger partial charge in [-0.05, 0) is 17.7 Å². The molecule has 0 bridgehead atoms. The van der Waals surface area contributed by atoms with Crippen LogP contribution in [0.1, 0.15) is 5.56 Å². The first-order valence-electron chi connectivity index (χ1n) is 7.97. The van der Waals surface area contributed by atoms with Gasteiger partial charge in [0.25, 0.3) is 0 Å². The maximum absolute atomic E-state index is 4.71. The van der Waals surface area contributed by atoms with Crippen molar-refractivity contribution in [3.05, 3.63) is 78.6 Å². The molecule has 118 valence electrons. The van der Waals surface area contributed by atoms with Gasteiger partial charge in [0.2, 0.25) is 0 Å². The van der Waals surface area contributed by atoms with E-state index >= 15 is 0 Å². The van der Waals surface area contributed by atoms with Gasteiger partial charge in [-0.2, -0.15) is 5.10 Å². The molecule has 0 aliphatic rings. The molecule has 0 fully saturated rings. The molecule has 0 atom stereocenters. The van der Waals surface area contributed by atoms with Gasteiger partial charge in [-0.25, -0.2) is 0 Å². The second-order valence-electron chi connectivity index (χ2n) is 5.75. The molecule has 0 radical (unpaired) electrons. The molecule has 0 unspecified atom stereocenters. The summed E-state index contributed by atoms with van der Waals surface area (Å²) in [6, 6.07) is 20.6. The Morgan fingerprint density at radius 1 is 0.958 bits per heavy atom. The van der Waals surface area contributed by atoms with Crippen LogP contribution in [0.3, 0.4) is 0 Å². The monoisotopic (exact) mass is 314 g/mol. The minimum Gasteiger partial charge on any atom is -0.380 e. The fraction of sp³-hybridized carbons (Fsp3) is 0.100. The van der Waals surface area contributed by atoms with Gasteiger partial charge in [0, 0.05) is 42.6 Å². The zero-order valence-corrected chi connectivity index (χ0v) is 13.5. The lowest BCUT2D eigenvalue weighted by atomic mass is 10.1.